The minimum Gasteiger partial charge on any atom is -0.495 e. The lowest BCUT2D eigenvalue weighted by Gasteiger charge is -2.38. The van der Waals surface area contributed by atoms with Gasteiger partial charge in [0.05, 0.1) is 28.9 Å². The van der Waals surface area contributed by atoms with Crippen LogP contribution in [0.3, 0.4) is 0 Å². The minimum absolute atomic E-state index is 0.248. The van der Waals surface area contributed by atoms with Gasteiger partial charge in [0.2, 0.25) is 9.84 Å². The molecule has 168 valence electrons. The van der Waals surface area contributed by atoms with Gasteiger partial charge in [-0.2, -0.15) is 0 Å². The number of fused-ring (bicyclic) bond motifs is 1. The van der Waals surface area contributed by atoms with Crippen molar-refractivity contribution < 1.29 is 13.2 Å². The lowest BCUT2D eigenvalue weighted by atomic mass is 10.1. The van der Waals surface area contributed by atoms with Gasteiger partial charge in [0, 0.05) is 37.8 Å². The van der Waals surface area contributed by atoms with Crippen molar-refractivity contribution in [2.24, 2.45) is 0 Å². The number of para-hydroxylation sites is 3. The fraction of sp³-hybridized carbons (Fsp3) is 0.192. The van der Waals surface area contributed by atoms with Crippen molar-refractivity contribution in [1.82, 2.24) is 4.98 Å². The molecule has 7 heteroatoms. The van der Waals surface area contributed by atoms with Crippen molar-refractivity contribution in [3.63, 3.8) is 0 Å². The predicted molar refractivity (Wildman–Crippen MR) is 131 cm³/mol. The maximum atomic E-state index is 13.6. The highest BCUT2D eigenvalue weighted by atomic mass is 32.2. The maximum absolute atomic E-state index is 13.6. The Bertz CT molecular complexity index is 1380. The first kappa shape index (κ1) is 21.3. The number of aromatic nitrogens is 1. The summed E-state index contributed by atoms with van der Waals surface area (Å²) < 4.78 is 32.8. The summed E-state index contributed by atoms with van der Waals surface area (Å²) >= 11 is 0. The number of nitrogens with zero attached hydrogens (tertiary/aromatic N) is 3. The molecule has 1 aliphatic heterocycles. The Balaban J connectivity index is 1.55. The molecule has 0 spiro atoms. The quantitative estimate of drug-likeness (QED) is 0.441. The molecule has 0 unspecified atom stereocenters. The summed E-state index contributed by atoms with van der Waals surface area (Å²) in [6.07, 6.45) is 1.51. The number of piperazine rings is 1. The van der Waals surface area contributed by atoms with Crippen LogP contribution >= 0.6 is 0 Å². The lowest BCUT2D eigenvalue weighted by Crippen LogP contribution is -2.47. The van der Waals surface area contributed by atoms with Crippen LogP contribution < -0.4 is 14.5 Å². The number of methoxy groups -OCH3 is 1. The topological polar surface area (TPSA) is 62.7 Å². The van der Waals surface area contributed by atoms with Crippen molar-refractivity contribution in [3.8, 4) is 5.75 Å². The first-order valence-corrected chi connectivity index (χ1v) is 12.4. The molecule has 1 saturated heterocycles. The fourth-order valence-electron chi connectivity index (χ4n) is 4.42. The second-order valence-corrected chi connectivity index (χ2v) is 9.87. The van der Waals surface area contributed by atoms with E-state index in [1.165, 1.54) is 6.20 Å². The van der Waals surface area contributed by atoms with Crippen molar-refractivity contribution in [1.29, 1.82) is 0 Å². The SMILES string of the molecule is COc1ccccc1N1CCN(c2c(S(=O)(=O)c3ccccc3)cnc3ccccc23)CC1. The highest BCUT2D eigenvalue weighted by Gasteiger charge is 2.29. The van der Waals surface area contributed by atoms with Crippen LogP contribution in [-0.2, 0) is 9.84 Å². The molecule has 0 bridgehead atoms. The number of sulfone groups is 1. The number of rotatable bonds is 5. The number of hydrogen-bond donors (Lipinski definition) is 0. The van der Waals surface area contributed by atoms with E-state index in [0.717, 1.165) is 41.1 Å². The van der Waals surface area contributed by atoms with Gasteiger partial charge in [0.15, 0.2) is 0 Å². The normalized spacial score (nSPS) is 14.5. The van der Waals surface area contributed by atoms with Gasteiger partial charge in [0.1, 0.15) is 10.6 Å². The molecule has 0 radical (unpaired) electrons. The van der Waals surface area contributed by atoms with Gasteiger partial charge in [-0.25, -0.2) is 8.42 Å². The number of pyridine rings is 1. The first-order valence-electron chi connectivity index (χ1n) is 10.9. The first-order chi connectivity index (χ1) is 16.1. The standard InChI is InChI=1S/C26H25N3O3S/c1-32-24-14-8-7-13-23(24)28-15-17-29(18-16-28)26-21-11-5-6-12-22(21)27-19-25(26)33(30,31)20-9-3-2-4-10-20/h2-14,19H,15-18H2,1H3. The molecule has 1 aromatic heterocycles. The van der Waals surface area contributed by atoms with E-state index in [-0.39, 0.29) is 9.79 Å². The molecule has 3 aromatic carbocycles. The molecule has 0 N–H and O–H groups in total. The van der Waals surface area contributed by atoms with Crippen LogP contribution in [-0.4, -0.2) is 46.7 Å². The van der Waals surface area contributed by atoms with E-state index in [2.05, 4.69) is 20.9 Å². The van der Waals surface area contributed by atoms with E-state index in [1.807, 2.05) is 48.5 Å². The largest absolute Gasteiger partial charge is 0.495 e. The average molecular weight is 460 g/mol. The van der Waals surface area contributed by atoms with Crippen molar-refractivity contribution in [2.45, 2.75) is 9.79 Å². The molecular formula is C26H25N3O3S. The van der Waals surface area contributed by atoms with E-state index in [9.17, 15) is 8.42 Å². The molecule has 33 heavy (non-hydrogen) atoms. The molecule has 0 aliphatic carbocycles. The monoisotopic (exact) mass is 459 g/mol. The third-order valence-corrected chi connectivity index (χ3v) is 7.85. The summed E-state index contributed by atoms with van der Waals surface area (Å²) in [5.41, 5.74) is 2.56. The van der Waals surface area contributed by atoms with E-state index in [0.29, 0.717) is 13.1 Å². The molecule has 1 fully saturated rings. The number of hydrogen-bond acceptors (Lipinski definition) is 6. The van der Waals surface area contributed by atoms with Crippen LogP contribution in [0, 0.1) is 0 Å². The molecule has 1 aliphatic rings. The summed E-state index contributed by atoms with van der Waals surface area (Å²) in [6.45, 7) is 2.87. The number of ether oxygens (including phenoxy) is 1. The predicted octanol–water partition coefficient (Wildman–Crippen LogP) is 4.40. The summed E-state index contributed by atoms with van der Waals surface area (Å²) in [6, 6.07) is 24.3. The van der Waals surface area contributed by atoms with Gasteiger partial charge in [-0.05, 0) is 30.3 Å². The van der Waals surface area contributed by atoms with E-state index >= 15 is 0 Å². The van der Waals surface area contributed by atoms with Crippen LogP contribution in [0.4, 0.5) is 11.4 Å². The molecule has 5 rings (SSSR count). The van der Waals surface area contributed by atoms with Crippen molar-refractivity contribution in [3.05, 3.63) is 85.1 Å². The van der Waals surface area contributed by atoms with Gasteiger partial charge in [-0.1, -0.05) is 48.5 Å². The Labute approximate surface area is 194 Å². The van der Waals surface area contributed by atoms with Gasteiger partial charge >= 0.3 is 0 Å². The van der Waals surface area contributed by atoms with E-state index < -0.39 is 9.84 Å². The summed E-state index contributed by atoms with van der Waals surface area (Å²) in [7, 11) is -2.05. The molecule has 6 nitrogen and oxygen atoms in total. The Morgan fingerprint density at radius 1 is 0.788 bits per heavy atom. The Hall–Kier alpha value is -3.58. The molecular weight excluding hydrogens is 434 g/mol. The zero-order valence-corrected chi connectivity index (χ0v) is 19.2. The Morgan fingerprint density at radius 3 is 2.18 bits per heavy atom. The van der Waals surface area contributed by atoms with Crippen LogP contribution in [0.5, 0.6) is 5.75 Å². The molecule has 0 atom stereocenters. The Morgan fingerprint density at radius 2 is 1.42 bits per heavy atom. The van der Waals surface area contributed by atoms with Gasteiger partial charge < -0.3 is 14.5 Å². The molecule has 2 heterocycles. The van der Waals surface area contributed by atoms with Gasteiger partial charge in [0.25, 0.3) is 0 Å². The molecule has 4 aromatic rings. The number of benzene rings is 3. The zero-order valence-electron chi connectivity index (χ0n) is 18.4. The summed E-state index contributed by atoms with van der Waals surface area (Å²) in [4.78, 5) is 9.46. The van der Waals surface area contributed by atoms with Crippen molar-refractivity contribution >= 4 is 32.1 Å². The smallest absolute Gasteiger partial charge is 0.210 e. The zero-order chi connectivity index (χ0) is 22.8. The molecule has 0 saturated carbocycles. The summed E-state index contributed by atoms with van der Waals surface area (Å²) in [5, 5.41) is 0.847. The van der Waals surface area contributed by atoms with Crippen LogP contribution in [0.25, 0.3) is 10.9 Å². The second-order valence-electron chi connectivity index (χ2n) is 7.95. The van der Waals surface area contributed by atoms with Crippen LogP contribution in [0.15, 0.2) is 94.9 Å². The fourth-order valence-corrected chi connectivity index (χ4v) is 5.87. The van der Waals surface area contributed by atoms with Crippen molar-refractivity contribution in [2.75, 3.05) is 43.1 Å². The highest BCUT2D eigenvalue weighted by molar-refractivity contribution is 7.91. The Kier molecular flexibility index (Phi) is 5.64. The van der Waals surface area contributed by atoms with Crippen LogP contribution in [0.1, 0.15) is 0 Å². The second kappa shape index (κ2) is 8.75. The van der Waals surface area contributed by atoms with Crippen LogP contribution in [0.2, 0.25) is 0 Å². The third kappa shape index (κ3) is 3.89. The van der Waals surface area contributed by atoms with E-state index in [1.54, 1.807) is 31.4 Å². The van der Waals surface area contributed by atoms with Gasteiger partial charge in [-0.3, -0.25) is 4.98 Å². The number of anilines is 2. The van der Waals surface area contributed by atoms with E-state index in [4.69, 9.17) is 4.74 Å². The highest BCUT2D eigenvalue weighted by Crippen LogP contribution is 2.37. The van der Waals surface area contributed by atoms with Gasteiger partial charge in [-0.15, -0.1) is 0 Å². The third-order valence-electron chi connectivity index (χ3n) is 6.08. The lowest BCUT2D eigenvalue weighted by molar-refractivity contribution is 0.413. The molecule has 0 amide bonds. The average Bonchev–Trinajstić information content (AvgIpc) is 2.88. The maximum Gasteiger partial charge on any atom is 0.210 e. The minimum atomic E-state index is -3.72. The summed E-state index contributed by atoms with van der Waals surface area (Å²) in [5.74, 6) is 0.840.